The maximum atomic E-state index is 9.89. The number of quaternary nitrogens is 1. The van der Waals surface area contributed by atoms with Crippen LogP contribution in [-0.4, -0.2) is 45.8 Å². The highest BCUT2D eigenvalue weighted by atomic mass is 79.9. The Morgan fingerprint density at radius 3 is 2.65 bits per heavy atom. The average molecular weight is 423 g/mol. The number of rotatable bonds is 4. The lowest BCUT2D eigenvalue weighted by Crippen LogP contribution is -2.73. The second-order valence-corrected chi connectivity index (χ2v) is 7.86. The highest BCUT2D eigenvalue weighted by Crippen LogP contribution is 2.35. The lowest BCUT2D eigenvalue weighted by Gasteiger charge is -2.35. The van der Waals surface area contributed by atoms with Gasteiger partial charge in [0.15, 0.2) is 5.82 Å². The van der Waals surface area contributed by atoms with Crippen molar-refractivity contribution in [1.29, 1.82) is 0 Å². The van der Waals surface area contributed by atoms with E-state index in [1.165, 1.54) is 0 Å². The Hall–Kier alpha value is -1.77. The minimum atomic E-state index is -0.159. The molecule has 0 aromatic carbocycles. The molecule has 4 N–H and O–H groups in total. The summed E-state index contributed by atoms with van der Waals surface area (Å²) >= 11 is 3.53. The van der Waals surface area contributed by atoms with Gasteiger partial charge < -0.3 is 20.5 Å². The van der Waals surface area contributed by atoms with Gasteiger partial charge in [-0.3, -0.25) is 0 Å². The number of halogens is 1. The third-order valence-corrected chi connectivity index (χ3v) is 5.61. The summed E-state index contributed by atoms with van der Waals surface area (Å²) in [6, 6.07) is 1.86. The van der Waals surface area contributed by atoms with E-state index in [4.69, 9.17) is 14.7 Å². The largest absolute Gasteiger partial charge is 0.480 e. The van der Waals surface area contributed by atoms with Gasteiger partial charge in [0.2, 0.25) is 5.88 Å². The number of piperidine rings is 1. The molecule has 3 heterocycles. The quantitative estimate of drug-likeness (QED) is 0.777. The number of nitrogens with zero attached hydrogens (tertiary/aromatic N) is 4. The third-order valence-electron chi connectivity index (χ3n) is 4.85. The molecule has 1 aliphatic heterocycles. The van der Waals surface area contributed by atoms with Crippen LogP contribution in [0.3, 0.4) is 0 Å². The zero-order chi connectivity index (χ0) is 18.9. The van der Waals surface area contributed by atoms with Crippen LogP contribution < -0.4 is 15.4 Å². The molecule has 2 aromatic rings. The second kappa shape index (κ2) is 7.46. The van der Waals surface area contributed by atoms with Crippen LogP contribution >= 0.6 is 15.9 Å². The molecule has 2 aromatic heterocycles. The van der Waals surface area contributed by atoms with Gasteiger partial charge in [-0.15, -0.1) is 0 Å². The molecule has 0 unspecified atom stereocenters. The molecule has 1 aliphatic rings. The number of aryl methyl sites for hydroxylation is 1. The van der Waals surface area contributed by atoms with E-state index in [0.29, 0.717) is 17.3 Å². The average Bonchev–Trinajstić information content (AvgIpc) is 2.62. The number of aliphatic hydroxyl groups excluding tert-OH is 1. The van der Waals surface area contributed by atoms with Gasteiger partial charge in [-0.25, -0.2) is 15.0 Å². The Morgan fingerprint density at radius 1 is 1.35 bits per heavy atom. The summed E-state index contributed by atoms with van der Waals surface area (Å²) in [6.45, 7) is 5.70. The number of hydrogen-bond acceptors (Lipinski definition) is 6. The van der Waals surface area contributed by atoms with E-state index >= 15 is 0 Å². The monoisotopic (exact) mass is 422 g/mol. The molecule has 140 valence electrons. The molecular weight excluding hydrogens is 398 g/mol. The highest BCUT2D eigenvalue weighted by Gasteiger charge is 2.31. The molecular formula is C18H25BrN5O2+. The summed E-state index contributed by atoms with van der Waals surface area (Å²) in [5, 5.41) is 9.89. The first-order valence-corrected chi connectivity index (χ1v) is 9.43. The molecule has 0 radical (unpaired) electrons. The number of aromatic nitrogens is 3. The van der Waals surface area contributed by atoms with Crippen molar-refractivity contribution in [2.75, 3.05) is 25.1 Å². The zero-order valence-electron chi connectivity index (χ0n) is 15.4. The van der Waals surface area contributed by atoms with E-state index in [-0.39, 0.29) is 12.1 Å². The number of anilines is 1. The van der Waals surface area contributed by atoms with Crippen LogP contribution in [0, 0.1) is 6.92 Å². The summed E-state index contributed by atoms with van der Waals surface area (Å²) in [4.78, 5) is 15.9. The first kappa shape index (κ1) is 19.0. The van der Waals surface area contributed by atoms with E-state index in [9.17, 15) is 5.11 Å². The van der Waals surface area contributed by atoms with Crippen molar-refractivity contribution in [1.82, 2.24) is 15.0 Å². The van der Waals surface area contributed by atoms with E-state index in [1.54, 1.807) is 13.3 Å². The molecule has 0 amide bonds. The number of ether oxygens (including phenoxy) is 1. The number of methoxy groups -OCH3 is 1. The van der Waals surface area contributed by atoms with Crippen molar-refractivity contribution in [3.05, 3.63) is 28.1 Å². The van der Waals surface area contributed by atoms with Gasteiger partial charge in [0, 0.05) is 37.7 Å². The Balaban J connectivity index is 2.01. The fourth-order valence-corrected chi connectivity index (χ4v) is 3.75. The Kier molecular flexibility index (Phi) is 5.45. The maximum Gasteiger partial charge on any atom is 0.228 e. The van der Waals surface area contributed by atoms with Crippen molar-refractivity contribution in [3.8, 4) is 17.1 Å². The van der Waals surface area contributed by atoms with Crippen LogP contribution in [0.5, 0.6) is 5.88 Å². The predicted molar refractivity (Wildman–Crippen MR) is 103 cm³/mol. The van der Waals surface area contributed by atoms with Gasteiger partial charge >= 0.3 is 0 Å². The maximum absolute atomic E-state index is 9.89. The lowest BCUT2D eigenvalue weighted by molar-refractivity contribution is -0.475. The number of hydrogen-bond donors (Lipinski definition) is 2. The molecule has 0 spiro atoms. The van der Waals surface area contributed by atoms with Crippen LogP contribution in [-0.2, 0) is 6.61 Å². The second-order valence-electron chi connectivity index (χ2n) is 7.07. The molecule has 1 fully saturated rings. The van der Waals surface area contributed by atoms with Gasteiger partial charge in [-0.1, -0.05) is 0 Å². The van der Waals surface area contributed by atoms with Crippen LogP contribution in [0.25, 0.3) is 11.3 Å². The van der Waals surface area contributed by atoms with Crippen molar-refractivity contribution < 1.29 is 15.6 Å². The molecule has 8 heteroatoms. The fourth-order valence-electron chi connectivity index (χ4n) is 3.16. The molecule has 0 atom stereocenters. The Morgan fingerprint density at radius 2 is 2.04 bits per heavy atom. The standard InChI is InChI=1S/C18H24BrN5O2/c1-11-15(12-4-7-21-17(26-3)14(12)19)23-13(10-25)16(22-11)24-8-5-18(2,20)6-9-24/h4,7,25H,5-6,8-10,20H2,1-3H3/p+1. The highest BCUT2D eigenvalue weighted by molar-refractivity contribution is 9.10. The molecule has 26 heavy (non-hydrogen) atoms. The molecule has 1 saturated heterocycles. The molecule has 0 saturated carbocycles. The lowest BCUT2D eigenvalue weighted by atomic mass is 9.91. The first-order chi connectivity index (χ1) is 12.4. The summed E-state index contributed by atoms with van der Waals surface area (Å²) in [7, 11) is 1.57. The fraction of sp³-hybridized carbons (Fsp3) is 0.500. The zero-order valence-corrected chi connectivity index (χ0v) is 17.0. The Labute approximate surface area is 161 Å². The minimum Gasteiger partial charge on any atom is -0.480 e. The third kappa shape index (κ3) is 3.67. The summed E-state index contributed by atoms with van der Waals surface area (Å²) in [5.41, 5.74) is 7.31. The van der Waals surface area contributed by atoms with Gasteiger partial charge in [-0.2, -0.15) is 0 Å². The Bertz CT molecular complexity index is 802. The topological polar surface area (TPSA) is 99.0 Å². The van der Waals surface area contributed by atoms with Crippen LogP contribution in [0.1, 0.15) is 31.2 Å². The van der Waals surface area contributed by atoms with Crippen molar-refractivity contribution >= 4 is 21.7 Å². The molecule has 0 bridgehead atoms. The first-order valence-electron chi connectivity index (χ1n) is 8.64. The number of pyridine rings is 1. The van der Waals surface area contributed by atoms with E-state index in [1.807, 2.05) is 13.0 Å². The van der Waals surface area contributed by atoms with Crippen LogP contribution in [0.4, 0.5) is 5.82 Å². The van der Waals surface area contributed by atoms with E-state index < -0.39 is 0 Å². The number of aliphatic hydroxyl groups is 1. The van der Waals surface area contributed by atoms with Crippen molar-refractivity contribution in [2.45, 2.75) is 38.8 Å². The smallest absolute Gasteiger partial charge is 0.228 e. The van der Waals surface area contributed by atoms with Gasteiger partial charge in [0.1, 0.15) is 5.69 Å². The van der Waals surface area contributed by atoms with Crippen molar-refractivity contribution in [3.63, 3.8) is 0 Å². The SMILES string of the molecule is COc1nccc(-c2nc(CO)c(N3CCC(C)([NH3+])CC3)nc2C)c1Br. The summed E-state index contributed by atoms with van der Waals surface area (Å²) < 4.78 is 6.00. The van der Waals surface area contributed by atoms with E-state index in [0.717, 1.165) is 47.5 Å². The molecule has 0 aliphatic carbocycles. The molecule has 7 nitrogen and oxygen atoms in total. The summed E-state index contributed by atoms with van der Waals surface area (Å²) in [5.74, 6) is 1.26. The predicted octanol–water partition coefficient (Wildman–Crippen LogP) is 1.71. The van der Waals surface area contributed by atoms with Gasteiger partial charge in [-0.05, 0) is 35.8 Å². The summed E-state index contributed by atoms with van der Waals surface area (Å²) in [6.07, 6.45) is 3.66. The van der Waals surface area contributed by atoms with Crippen LogP contribution in [0.2, 0.25) is 0 Å². The van der Waals surface area contributed by atoms with Gasteiger partial charge in [0.25, 0.3) is 0 Å². The van der Waals surface area contributed by atoms with E-state index in [2.05, 4.69) is 38.5 Å². The van der Waals surface area contributed by atoms with Gasteiger partial charge in [0.05, 0.1) is 35.1 Å². The van der Waals surface area contributed by atoms with Crippen LogP contribution in [0.15, 0.2) is 16.7 Å². The van der Waals surface area contributed by atoms with Crippen molar-refractivity contribution in [2.24, 2.45) is 0 Å². The normalized spacial score (nSPS) is 16.6. The molecule has 3 rings (SSSR count). The minimum absolute atomic E-state index is 0.108.